The molecule has 9 heteroatoms. The van der Waals surface area contributed by atoms with Crippen LogP contribution in [0.1, 0.15) is 29.3 Å². The Balaban J connectivity index is 1.86. The number of aromatic amines is 2. The smallest absolute Gasteiger partial charge is 0.357 e. The number of benzene rings is 2. The van der Waals surface area contributed by atoms with E-state index in [1.54, 1.807) is 18.2 Å². The molecule has 2 N–H and O–H groups in total. The summed E-state index contributed by atoms with van der Waals surface area (Å²) < 4.78 is 11.6. The third-order valence-corrected chi connectivity index (χ3v) is 4.31. The molecule has 0 unspecified atom stereocenters. The fraction of sp³-hybridized carbons (Fsp3) is 0.182. The molecular formula is C22H21N3O6. The van der Waals surface area contributed by atoms with E-state index in [0.717, 1.165) is 11.1 Å². The van der Waals surface area contributed by atoms with Crippen LogP contribution < -0.4 is 20.7 Å². The van der Waals surface area contributed by atoms with Crippen LogP contribution in [0, 0.1) is 17.0 Å². The fourth-order valence-electron chi connectivity index (χ4n) is 2.96. The van der Waals surface area contributed by atoms with Gasteiger partial charge in [0.25, 0.3) is 0 Å². The summed E-state index contributed by atoms with van der Waals surface area (Å²) in [6, 6.07) is 13.2. The minimum Gasteiger partial charge on any atom is -0.490 e. The summed E-state index contributed by atoms with van der Waals surface area (Å²) in [5, 5.41) is 11.2. The molecule has 0 radical (unpaired) electrons. The summed E-state index contributed by atoms with van der Waals surface area (Å²) in [7, 11) is 0. The van der Waals surface area contributed by atoms with Crippen molar-refractivity contribution >= 4 is 17.8 Å². The Hall–Kier alpha value is -4.14. The molecule has 3 aromatic rings. The van der Waals surface area contributed by atoms with Crippen molar-refractivity contribution in [3.8, 4) is 11.5 Å². The molecule has 160 valence electrons. The van der Waals surface area contributed by atoms with E-state index in [1.807, 2.05) is 43.1 Å². The van der Waals surface area contributed by atoms with E-state index < -0.39 is 21.9 Å². The molecule has 3 rings (SSSR count). The minimum atomic E-state index is -1.07. The van der Waals surface area contributed by atoms with Crippen molar-refractivity contribution in [3.63, 3.8) is 0 Å². The monoisotopic (exact) mass is 423 g/mol. The number of aryl methyl sites for hydroxylation is 1. The summed E-state index contributed by atoms with van der Waals surface area (Å²) in [6.45, 7) is 4.64. The van der Waals surface area contributed by atoms with Crippen LogP contribution in [-0.2, 0) is 6.61 Å². The molecule has 0 spiro atoms. The molecule has 0 amide bonds. The highest BCUT2D eigenvalue weighted by molar-refractivity contribution is 5.72. The third kappa shape index (κ3) is 5.47. The van der Waals surface area contributed by atoms with Crippen LogP contribution in [0.4, 0.5) is 5.69 Å². The first-order valence-corrected chi connectivity index (χ1v) is 9.51. The first kappa shape index (κ1) is 21.6. The van der Waals surface area contributed by atoms with Gasteiger partial charge in [-0.2, -0.15) is 0 Å². The number of nitro groups is 1. The van der Waals surface area contributed by atoms with E-state index in [0.29, 0.717) is 30.3 Å². The average Bonchev–Trinajstić information content (AvgIpc) is 2.71. The summed E-state index contributed by atoms with van der Waals surface area (Å²) in [4.78, 5) is 37.6. The van der Waals surface area contributed by atoms with Crippen molar-refractivity contribution in [1.82, 2.24) is 9.97 Å². The second kappa shape index (κ2) is 9.57. The lowest BCUT2D eigenvalue weighted by Gasteiger charge is -2.13. The molecule has 0 saturated carbocycles. The quantitative estimate of drug-likeness (QED) is 0.422. The number of hydrogen-bond donors (Lipinski definition) is 2. The van der Waals surface area contributed by atoms with Crippen LogP contribution in [0.15, 0.2) is 52.1 Å². The lowest BCUT2D eigenvalue weighted by molar-refractivity contribution is -0.386. The van der Waals surface area contributed by atoms with E-state index in [4.69, 9.17) is 9.47 Å². The van der Waals surface area contributed by atoms with Gasteiger partial charge in [0, 0.05) is 0 Å². The lowest BCUT2D eigenvalue weighted by atomic mass is 10.1. The Labute approximate surface area is 177 Å². The van der Waals surface area contributed by atoms with Gasteiger partial charge in [0.15, 0.2) is 11.5 Å². The van der Waals surface area contributed by atoms with Crippen LogP contribution in [0.3, 0.4) is 0 Å². The van der Waals surface area contributed by atoms with Crippen molar-refractivity contribution in [2.24, 2.45) is 0 Å². The van der Waals surface area contributed by atoms with Gasteiger partial charge in [-0.15, -0.1) is 0 Å². The number of H-pyrrole nitrogens is 2. The van der Waals surface area contributed by atoms with E-state index in [2.05, 4.69) is 4.98 Å². The Morgan fingerprint density at radius 1 is 1.03 bits per heavy atom. The minimum absolute atomic E-state index is 0.198. The predicted molar refractivity (Wildman–Crippen MR) is 116 cm³/mol. The largest absolute Gasteiger partial charge is 0.490 e. The predicted octanol–water partition coefficient (Wildman–Crippen LogP) is 3.43. The molecule has 0 aliphatic rings. The molecule has 1 heterocycles. The Morgan fingerprint density at radius 3 is 2.55 bits per heavy atom. The molecule has 31 heavy (non-hydrogen) atoms. The lowest BCUT2D eigenvalue weighted by Crippen LogP contribution is -2.25. The van der Waals surface area contributed by atoms with E-state index in [1.165, 1.54) is 12.2 Å². The Kier molecular flexibility index (Phi) is 6.66. The van der Waals surface area contributed by atoms with Crippen LogP contribution >= 0.6 is 0 Å². The van der Waals surface area contributed by atoms with Crippen molar-refractivity contribution in [3.05, 3.63) is 95.8 Å². The molecule has 0 bridgehead atoms. The molecule has 0 atom stereocenters. The van der Waals surface area contributed by atoms with Gasteiger partial charge < -0.3 is 14.5 Å². The summed E-state index contributed by atoms with van der Waals surface area (Å²) in [5.74, 6) is 1.06. The number of nitrogens with one attached hydrogen (secondary N) is 2. The summed E-state index contributed by atoms with van der Waals surface area (Å²) >= 11 is 0. The number of aromatic nitrogens is 2. The maximum Gasteiger partial charge on any atom is 0.357 e. The SMILES string of the molecule is CCOc1cc(C=Cc2[nH]c(=O)[nH]c(=O)c2[N+](=O)[O-])ccc1OCc1cccc(C)c1. The maximum absolute atomic E-state index is 11.7. The molecule has 0 aliphatic carbocycles. The number of rotatable bonds is 8. The molecule has 9 nitrogen and oxygen atoms in total. The van der Waals surface area contributed by atoms with Gasteiger partial charge in [0.1, 0.15) is 12.3 Å². The standard InChI is InChI=1S/C22H21N3O6/c1-3-30-19-12-15(7-9-17-20(25(28)29)21(26)24-22(27)23-17)8-10-18(19)31-13-16-6-4-5-14(2)11-16/h4-12H,3,13H2,1-2H3,(H2,23,24,26,27). The second-order valence-corrected chi connectivity index (χ2v) is 6.68. The zero-order chi connectivity index (χ0) is 22.4. The molecule has 0 aliphatic heterocycles. The number of ether oxygens (including phenoxy) is 2. The molecule has 2 aromatic carbocycles. The van der Waals surface area contributed by atoms with Crippen molar-refractivity contribution in [1.29, 1.82) is 0 Å². The summed E-state index contributed by atoms with van der Waals surface area (Å²) in [5.41, 5.74) is -0.0267. The molecule has 1 aromatic heterocycles. The van der Waals surface area contributed by atoms with Crippen LogP contribution in [0.5, 0.6) is 11.5 Å². The highest BCUT2D eigenvalue weighted by atomic mass is 16.6. The van der Waals surface area contributed by atoms with Gasteiger partial charge in [-0.3, -0.25) is 19.9 Å². The zero-order valence-corrected chi connectivity index (χ0v) is 17.0. The molecular weight excluding hydrogens is 402 g/mol. The fourth-order valence-corrected chi connectivity index (χ4v) is 2.96. The zero-order valence-electron chi connectivity index (χ0n) is 17.0. The van der Waals surface area contributed by atoms with Crippen LogP contribution in [0.2, 0.25) is 0 Å². The normalized spacial score (nSPS) is 10.9. The summed E-state index contributed by atoms with van der Waals surface area (Å²) in [6.07, 6.45) is 2.83. The van der Waals surface area contributed by atoms with Crippen molar-refractivity contribution < 1.29 is 14.4 Å². The highest BCUT2D eigenvalue weighted by Gasteiger charge is 2.18. The van der Waals surface area contributed by atoms with Gasteiger partial charge in [-0.1, -0.05) is 42.0 Å². The van der Waals surface area contributed by atoms with E-state index >= 15 is 0 Å². The van der Waals surface area contributed by atoms with Gasteiger partial charge in [-0.05, 0) is 43.2 Å². The van der Waals surface area contributed by atoms with Gasteiger partial charge in [0.2, 0.25) is 0 Å². The van der Waals surface area contributed by atoms with E-state index in [9.17, 15) is 19.7 Å². The van der Waals surface area contributed by atoms with Crippen molar-refractivity contribution in [2.45, 2.75) is 20.5 Å². The van der Waals surface area contributed by atoms with Crippen LogP contribution in [0.25, 0.3) is 12.2 Å². The average molecular weight is 423 g/mol. The van der Waals surface area contributed by atoms with Gasteiger partial charge >= 0.3 is 16.9 Å². The number of nitrogens with zero attached hydrogens (tertiary/aromatic N) is 1. The number of hydrogen-bond acceptors (Lipinski definition) is 6. The molecule has 0 saturated heterocycles. The second-order valence-electron chi connectivity index (χ2n) is 6.68. The van der Waals surface area contributed by atoms with Gasteiger partial charge in [-0.25, -0.2) is 4.79 Å². The topological polar surface area (TPSA) is 127 Å². The first-order valence-electron chi connectivity index (χ1n) is 9.51. The molecule has 0 fully saturated rings. The Bertz CT molecular complexity index is 1240. The highest BCUT2D eigenvalue weighted by Crippen LogP contribution is 2.30. The Morgan fingerprint density at radius 2 is 1.84 bits per heavy atom. The van der Waals surface area contributed by atoms with Crippen LogP contribution in [-0.4, -0.2) is 21.5 Å². The first-order chi connectivity index (χ1) is 14.9. The maximum atomic E-state index is 11.7. The third-order valence-electron chi connectivity index (χ3n) is 4.31. The van der Waals surface area contributed by atoms with Gasteiger partial charge in [0.05, 0.1) is 11.5 Å². The van der Waals surface area contributed by atoms with E-state index in [-0.39, 0.29) is 5.69 Å². The van der Waals surface area contributed by atoms with Crippen molar-refractivity contribution in [2.75, 3.05) is 6.61 Å².